The molecule has 2 N–H and O–H groups in total. The molecule has 2 heterocycles. The molecule has 0 radical (unpaired) electrons. The Kier molecular flexibility index (Phi) is 5.83. The van der Waals surface area contributed by atoms with Gasteiger partial charge in [-0.1, -0.05) is 24.4 Å². The second-order valence-electron chi connectivity index (χ2n) is 6.15. The highest BCUT2D eigenvalue weighted by Crippen LogP contribution is 2.22. The van der Waals surface area contributed by atoms with Gasteiger partial charge in [-0.2, -0.15) is 0 Å². The SMILES string of the molecule is Cc1ccc(CNC(=O)c2ccc[nH]c2=S)c(OCC2CCCO2)c1. The number of rotatable bonds is 6. The number of nitrogens with one attached hydrogen (secondary N) is 2. The Hall–Kier alpha value is -2.18. The molecule has 1 atom stereocenters. The maximum Gasteiger partial charge on any atom is 0.254 e. The zero-order chi connectivity index (χ0) is 17.6. The number of hydrogen-bond acceptors (Lipinski definition) is 4. The lowest BCUT2D eigenvalue weighted by atomic mass is 10.1. The minimum Gasteiger partial charge on any atom is -0.491 e. The van der Waals surface area contributed by atoms with Gasteiger partial charge in [0.2, 0.25) is 0 Å². The van der Waals surface area contributed by atoms with Gasteiger partial charge in [0, 0.05) is 24.9 Å². The van der Waals surface area contributed by atoms with Crippen LogP contribution >= 0.6 is 12.2 Å². The minimum atomic E-state index is -0.201. The Morgan fingerprint density at radius 3 is 3.08 bits per heavy atom. The predicted molar refractivity (Wildman–Crippen MR) is 98.4 cm³/mol. The highest BCUT2D eigenvalue weighted by molar-refractivity contribution is 7.71. The molecule has 132 valence electrons. The number of aryl methyl sites for hydroxylation is 1. The molecule has 1 saturated heterocycles. The molecule has 0 spiro atoms. The monoisotopic (exact) mass is 358 g/mol. The molecule has 0 bridgehead atoms. The quantitative estimate of drug-likeness (QED) is 0.776. The Balaban J connectivity index is 1.66. The molecular formula is C19H22N2O3S. The molecule has 6 heteroatoms. The Labute approximate surface area is 152 Å². The summed E-state index contributed by atoms with van der Waals surface area (Å²) in [5, 5.41) is 2.91. The van der Waals surface area contributed by atoms with E-state index in [1.165, 1.54) is 0 Å². The molecule has 1 aromatic carbocycles. The summed E-state index contributed by atoms with van der Waals surface area (Å²) in [5.74, 6) is 0.585. The number of H-pyrrole nitrogens is 1. The average Bonchev–Trinajstić information content (AvgIpc) is 3.13. The van der Waals surface area contributed by atoms with E-state index < -0.39 is 0 Å². The van der Waals surface area contributed by atoms with Gasteiger partial charge in [0.15, 0.2) is 0 Å². The lowest BCUT2D eigenvalue weighted by Crippen LogP contribution is -2.24. The van der Waals surface area contributed by atoms with E-state index in [0.717, 1.165) is 36.3 Å². The minimum absolute atomic E-state index is 0.158. The topological polar surface area (TPSA) is 63.4 Å². The number of benzene rings is 1. The first-order chi connectivity index (χ1) is 12.1. The van der Waals surface area contributed by atoms with Gasteiger partial charge in [0.1, 0.15) is 17.0 Å². The van der Waals surface area contributed by atoms with Crippen molar-refractivity contribution in [2.45, 2.75) is 32.4 Å². The summed E-state index contributed by atoms with van der Waals surface area (Å²) in [6.45, 7) is 3.74. The highest BCUT2D eigenvalue weighted by atomic mass is 32.1. The van der Waals surface area contributed by atoms with Crippen LogP contribution in [-0.4, -0.2) is 30.2 Å². The summed E-state index contributed by atoms with van der Waals surface area (Å²) in [7, 11) is 0. The van der Waals surface area contributed by atoms with E-state index in [4.69, 9.17) is 21.7 Å². The summed E-state index contributed by atoms with van der Waals surface area (Å²) < 4.78 is 12.0. The molecule has 0 aliphatic carbocycles. The summed E-state index contributed by atoms with van der Waals surface area (Å²) in [6.07, 6.45) is 3.98. The number of pyridine rings is 1. The molecule has 1 aliphatic heterocycles. The molecule has 1 aliphatic rings. The van der Waals surface area contributed by atoms with Crippen molar-refractivity contribution < 1.29 is 14.3 Å². The first kappa shape index (κ1) is 17.6. The van der Waals surface area contributed by atoms with Crippen molar-refractivity contribution in [1.29, 1.82) is 0 Å². The molecule has 5 nitrogen and oxygen atoms in total. The number of amides is 1. The van der Waals surface area contributed by atoms with Crippen LogP contribution < -0.4 is 10.1 Å². The maximum atomic E-state index is 12.3. The van der Waals surface area contributed by atoms with Crippen LogP contribution in [0, 0.1) is 11.6 Å². The molecule has 1 aromatic heterocycles. The smallest absolute Gasteiger partial charge is 0.254 e. The van der Waals surface area contributed by atoms with Crippen molar-refractivity contribution >= 4 is 18.1 Å². The first-order valence-corrected chi connectivity index (χ1v) is 8.84. The molecule has 0 saturated carbocycles. The summed E-state index contributed by atoms with van der Waals surface area (Å²) in [6, 6.07) is 9.44. The third-order valence-electron chi connectivity index (χ3n) is 4.17. The van der Waals surface area contributed by atoms with Crippen molar-refractivity contribution in [3.05, 3.63) is 57.9 Å². The second kappa shape index (κ2) is 8.27. The molecule has 1 fully saturated rings. The van der Waals surface area contributed by atoms with E-state index in [2.05, 4.69) is 10.3 Å². The molecular weight excluding hydrogens is 336 g/mol. The Morgan fingerprint density at radius 1 is 1.44 bits per heavy atom. The van der Waals surface area contributed by atoms with Gasteiger partial charge in [0.25, 0.3) is 5.91 Å². The van der Waals surface area contributed by atoms with E-state index in [-0.39, 0.29) is 12.0 Å². The standard InChI is InChI=1S/C19H22N2O3S/c1-13-6-7-14(17(10-13)24-12-15-4-3-9-23-15)11-21-18(22)16-5-2-8-20-19(16)25/h2,5-8,10,15H,3-4,9,11-12H2,1H3,(H,20,25)(H,21,22). The fourth-order valence-corrected chi connectivity index (χ4v) is 3.00. The van der Waals surface area contributed by atoms with Gasteiger partial charge >= 0.3 is 0 Å². The van der Waals surface area contributed by atoms with E-state index in [9.17, 15) is 4.79 Å². The molecule has 25 heavy (non-hydrogen) atoms. The van der Waals surface area contributed by atoms with Gasteiger partial charge in [-0.25, -0.2) is 0 Å². The number of carbonyl (C=O) groups excluding carboxylic acids is 1. The predicted octanol–water partition coefficient (Wildman–Crippen LogP) is 3.54. The lowest BCUT2D eigenvalue weighted by Gasteiger charge is -2.16. The van der Waals surface area contributed by atoms with Crippen molar-refractivity contribution in [3.63, 3.8) is 0 Å². The number of carbonyl (C=O) groups is 1. The Bertz CT molecular complexity index is 797. The molecule has 1 amide bonds. The van der Waals surface area contributed by atoms with E-state index in [1.807, 2.05) is 25.1 Å². The van der Waals surface area contributed by atoms with Crippen molar-refractivity contribution in [3.8, 4) is 5.75 Å². The summed E-state index contributed by atoms with van der Waals surface area (Å²) in [4.78, 5) is 15.2. The third kappa shape index (κ3) is 4.67. The lowest BCUT2D eigenvalue weighted by molar-refractivity contribution is 0.0675. The van der Waals surface area contributed by atoms with Gasteiger partial charge in [0.05, 0.1) is 11.7 Å². The van der Waals surface area contributed by atoms with Crippen molar-refractivity contribution in [1.82, 2.24) is 10.3 Å². The van der Waals surface area contributed by atoms with Gasteiger partial charge in [-0.05, 0) is 43.5 Å². The normalized spacial score (nSPS) is 16.6. The van der Waals surface area contributed by atoms with Gasteiger partial charge in [-0.3, -0.25) is 4.79 Å². The summed E-state index contributed by atoms with van der Waals surface area (Å²) in [5.41, 5.74) is 2.51. The van der Waals surface area contributed by atoms with E-state index in [0.29, 0.717) is 23.4 Å². The van der Waals surface area contributed by atoms with Crippen LogP contribution in [0.5, 0.6) is 5.75 Å². The summed E-state index contributed by atoms with van der Waals surface area (Å²) >= 11 is 5.15. The number of aromatic nitrogens is 1. The molecule has 3 rings (SSSR count). The van der Waals surface area contributed by atoms with E-state index >= 15 is 0 Å². The van der Waals surface area contributed by atoms with Crippen LogP contribution in [0.25, 0.3) is 0 Å². The van der Waals surface area contributed by atoms with Crippen LogP contribution in [-0.2, 0) is 11.3 Å². The van der Waals surface area contributed by atoms with Gasteiger partial charge in [-0.15, -0.1) is 0 Å². The fourth-order valence-electron chi connectivity index (χ4n) is 2.77. The van der Waals surface area contributed by atoms with Crippen molar-refractivity contribution in [2.75, 3.05) is 13.2 Å². The van der Waals surface area contributed by atoms with Crippen molar-refractivity contribution in [2.24, 2.45) is 0 Å². The number of ether oxygens (including phenoxy) is 2. The van der Waals surface area contributed by atoms with Crippen LogP contribution in [0.2, 0.25) is 0 Å². The van der Waals surface area contributed by atoms with Gasteiger partial charge < -0.3 is 19.8 Å². The number of aromatic amines is 1. The number of hydrogen-bond donors (Lipinski definition) is 2. The molecule has 1 unspecified atom stereocenters. The fraction of sp³-hybridized carbons (Fsp3) is 0.368. The molecule has 2 aromatic rings. The zero-order valence-corrected chi connectivity index (χ0v) is 15.0. The van der Waals surface area contributed by atoms with E-state index in [1.54, 1.807) is 18.3 Å². The highest BCUT2D eigenvalue weighted by Gasteiger charge is 2.17. The average molecular weight is 358 g/mol. The maximum absolute atomic E-state index is 12.3. The largest absolute Gasteiger partial charge is 0.491 e. The van der Waals surface area contributed by atoms with Crippen LogP contribution in [0.1, 0.15) is 34.3 Å². The zero-order valence-electron chi connectivity index (χ0n) is 14.2. The first-order valence-electron chi connectivity index (χ1n) is 8.43. The Morgan fingerprint density at radius 2 is 2.32 bits per heavy atom. The van der Waals surface area contributed by atoms with Crippen LogP contribution in [0.3, 0.4) is 0 Å². The van der Waals surface area contributed by atoms with Crippen LogP contribution in [0.15, 0.2) is 36.5 Å². The van der Waals surface area contributed by atoms with Crippen LogP contribution in [0.4, 0.5) is 0 Å². The third-order valence-corrected chi connectivity index (χ3v) is 4.51. The second-order valence-corrected chi connectivity index (χ2v) is 6.56.